The second-order valence-electron chi connectivity index (χ2n) is 12.5. The van der Waals surface area contributed by atoms with Crippen molar-refractivity contribution >= 4 is 20.3 Å². The largest absolute Gasteiger partial charge is 0.459 e. The predicted molar refractivity (Wildman–Crippen MR) is 150 cm³/mol. The van der Waals surface area contributed by atoms with Gasteiger partial charge in [-0.1, -0.05) is 32.9 Å². The van der Waals surface area contributed by atoms with Crippen molar-refractivity contribution in [3.8, 4) is 0 Å². The van der Waals surface area contributed by atoms with Crippen LogP contribution < -0.4 is 0 Å². The molecule has 2 heterocycles. The third-order valence-corrected chi connectivity index (χ3v) is 14.3. The molecule has 1 aliphatic carbocycles. The van der Waals surface area contributed by atoms with Gasteiger partial charge in [-0.25, -0.2) is 0 Å². The molecule has 3 rings (SSSR count). The smallest absolute Gasteiger partial charge is 0.303 e. The topological polar surface area (TPSA) is 91.3 Å². The van der Waals surface area contributed by atoms with Crippen LogP contribution in [0.2, 0.25) is 18.1 Å². The van der Waals surface area contributed by atoms with Crippen LogP contribution in [-0.2, 0) is 28.2 Å². The van der Waals surface area contributed by atoms with Gasteiger partial charge in [-0.15, -0.1) is 0 Å². The van der Waals surface area contributed by atoms with Gasteiger partial charge in [0.25, 0.3) is 0 Å². The Morgan fingerprint density at radius 1 is 1.18 bits per heavy atom. The summed E-state index contributed by atoms with van der Waals surface area (Å²) in [7, 11) is -2.09. The summed E-state index contributed by atoms with van der Waals surface area (Å²) in [5, 5.41) is 11.0. The first kappa shape index (κ1) is 31.0. The van der Waals surface area contributed by atoms with Gasteiger partial charge in [0.15, 0.2) is 8.32 Å². The Kier molecular flexibility index (Phi) is 9.44. The lowest BCUT2D eigenvalue weighted by Gasteiger charge is -2.51. The van der Waals surface area contributed by atoms with Gasteiger partial charge in [-0.05, 0) is 76.7 Å². The van der Waals surface area contributed by atoms with E-state index < -0.39 is 31.7 Å². The van der Waals surface area contributed by atoms with E-state index in [4.69, 9.17) is 18.6 Å². The van der Waals surface area contributed by atoms with Crippen molar-refractivity contribution in [1.29, 1.82) is 0 Å². The third-order valence-electron chi connectivity index (χ3n) is 9.55. The first-order valence-electron chi connectivity index (χ1n) is 14.4. The molecule has 2 saturated heterocycles. The average Bonchev–Trinajstić information content (AvgIpc) is 3.20. The number of ether oxygens (including phenoxy) is 3. The van der Waals surface area contributed by atoms with Gasteiger partial charge in [-0.2, -0.15) is 0 Å². The number of aliphatic hydroxyl groups is 1. The third kappa shape index (κ3) is 5.98. The number of hydrogen-bond acceptors (Lipinski definition) is 7. The Hall–Kier alpha value is -1.48. The highest BCUT2D eigenvalue weighted by atomic mass is 28.4. The van der Waals surface area contributed by atoms with E-state index >= 15 is 0 Å². The Bertz CT molecular complexity index is 931. The van der Waals surface area contributed by atoms with Crippen LogP contribution in [0.3, 0.4) is 0 Å². The number of carbonyl (C=O) groups excluding carboxylic acids is 2. The molecule has 2 bridgehead atoms. The van der Waals surface area contributed by atoms with E-state index in [-0.39, 0.29) is 41.9 Å². The van der Waals surface area contributed by atoms with Gasteiger partial charge in [-0.3, -0.25) is 9.59 Å². The van der Waals surface area contributed by atoms with E-state index in [0.29, 0.717) is 19.3 Å². The molecule has 0 unspecified atom stereocenters. The zero-order valence-corrected chi connectivity index (χ0v) is 26.0. The zero-order chi connectivity index (χ0) is 28.6. The molecule has 0 aromatic heterocycles. The van der Waals surface area contributed by atoms with Crippen molar-refractivity contribution < 1.29 is 33.3 Å². The highest BCUT2D eigenvalue weighted by Crippen LogP contribution is 2.56. The maximum atomic E-state index is 12.3. The molecular weight excluding hydrogens is 500 g/mol. The summed E-state index contributed by atoms with van der Waals surface area (Å²) in [6.07, 6.45) is 1.97. The van der Waals surface area contributed by atoms with Gasteiger partial charge in [0.2, 0.25) is 0 Å². The van der Waals surface area contributed by atoms with E-state index in [1.165, 1.54) is 13.8 Å². The summed E-state index contributed by atoms with van der Waals surface area (Å²) in [6.45, 7) is 21.7. The van der Waals surface area contributed by atoms with Gasteiger partial charge >= 0.3 is 11.9 Å². The number of esters is 2. The fourth-order valence-corrected chi connectivity index (χ4v) is 10.7. The molecule has 8 heteroatoms. The number of rotatable bonds is 8. The van der Waals surface area contributed by atoms with Gasteiger partial charge in [0.1, 0.15) is 11.7 Å². The SMILES string of the molecule is C=C1C[C@H]2O[C@H]([C@H]3[C@@H]2C(C)=C[C@@H](OC(C)=O)[C@@H]3C(C)(C)OC(C)=O)[C@](C)(O[Si](CC)(CC)CC)CC[C@H]1O. The van der Waals surface area contributed by atoms with Crippen LogP contribution in [-0.4, -0.2) is 61.0 Å². The first-order valence-corrected chi connectivity index (χ1v) is 16.9. The van der Waals surface area contributed by atoms with Gasteiger partial charge < -0.3 is 23.7 Å². The lowest BCUT2D eigenvalue weighted by molar-refractivity contribution is -0.181. The van der Waals surface area contributed by atoms with Gasteiger partial charge in [0, 0.05) is 31.6 Å². The van der Waals surface area contributed by atoms with Crippen molar-refractivity contribution in [3.05, 3.63) is 23.8 Å². The van der Waals surface area contributed by atoms with E-state index in [2.05, 4.69) is 41.2 Å². The first-order chi connectivity index (χ1) is 17.6. The molecule has 0 aromatic carbocycles. The zero-order valence-electron chi connectivity index (χ0n) is 25.0. The second kappa shape index (κ2) is 11.6. The summed E-state index contributed by atoms with van der Waals surface area (Å²) in [6, 6.07) is 2.98. The number of hydrogen-bond donors (Lipinski definition) is 1. The van der Waals surface area contributed by atoms with Crippen LogP contribution in [0.5, 0.6) is 0 Å². The monoisotopic (exact) mass is 550 g/mol. The molecule has 0 radical (unpaired) electrons. The number of aliphatic hydroxyl groups excluding tert-OH is 1. The molecule has 2 fully saturated rings. The Morgan fingerprint density at radius 3 is 2.32 bits per heavy atom. The summed E-state index contributed by atoms with van der Waals surface area (Å²) < 4.78 is 26.1. The molecule has 1 N–H and O–H groups in total. The van der Waals surface area contributed by atoms with Crippen LogP contribution in [0.4, 0.5) is 0 Å². The fraction of sp³-hybridized carbons (Fsp3) is 0.800. The highest BCUT2D eigenvalue weighted by Gasteiger charge is 2.63. The van der Waals surface area contributed by atoms with Crippen molar-refractivity contribution in [1.82, 2.24) is 0 Å². The van der Waals surface area contributed by atoms with Crippen LogP contribution in [0.15, 0.2) is 23.8 Å². The lowest BCUT2D eigenvalue weighted by atomic mass is 9.60. The maximum absolute atomic E-state index is 12.3. The van der Waals surface area contributed by atoms with E-state index in [0.717, 1.165) is 29.3 Å². The number of fused-ring (bicyclic) bond motifs is 5. The summed E-state index contributed by atoms with van der Waals surface area (Å²) in [5.41, 5.74) is 0.243. The van der Waals surface area contributed by atoms with E-state index in [1.807, 2.05) is 19.9 Å². The molecule has 216 valence electrons. The van der Waals surface area contributed by atoms with Crippen molar-refractivity contribution in [2.24, 2.45) is 17.8 Å². The molecule has 7 nitrogen and oxygen atoms in total. The molecule has 3 aliphatic rings. The molecule has 38 heavy (non-hydrogen) atoms. The minimum Gasteiger partial charge on any atom is -0.459 e. The maximum Gasteiger partial charge on any atom is 0.303 e. The molecule has 0 amide bonds. The predicted octanol–water partition coefficient (Wildman–Crippen LogP) is 5.72. The quantitative estimate of drug-likeness (QED) is 0.235. The average molecular weight is 551 g/mol. The van der Waals surface area contributed by atoms with Crippen molar-refractivity contribution in [2.75, 3.05) is 0 Å². The van der Waals surface area contributed by atoms with Gasteiger partial charge in [0.05, 0.1) is 23.9 Å². The Labute approximate surface area is 230 Å². The minimum absolute atomic E-state index is 0.0161. The molecule has 8 atom stereocenters. The van der Waals surface area contributed by atoms with E-state index in [1.54, 1.807) is 0 Å². The van der Waals surface area contributed by atoms with Crippen LogP contribution in [0, 0.1) is 17.8 Å². The van der Waals surface area contributed by atoms with Crippen LogP contribution in [0.1, 0.15) is 81.6 Å². The molecule has 0 aromatic rings. The van der Waals surface area contributed by atoms with Crippen molar-refractivity contribution in [3.63, 3.8) is 0 Å². The van der Waals surface area contributed by atoms with E-state index in [9.17, 15) is 14.7 Å². The van der Waals surface area contributed by atoms with Crippen LogP contribution in [0.25, 0.3) is 0 Å². The van der Waals surface area contributed by atoms with Crippen molar-refractivity contribution in [2.45, 2.75) is 135 Å². The Morgan fingerprint density at radius 2 is 1.79 bits per heavy atom. The fourth-order valence-electron chi connectivity index (χ4n) is 7.56. The lowest BCUT2D eigenvalue weighted by Crippen LogP contribution is -2.59. The normalized spacial score (nSPS) is 35.9. The molecular formula is C30H50O7Si. The number of carbonyl (C=O) groups is 2. The molecule has 0 saturated carbocycles. The summed E-state index contributed by atoms with van der Waals surface area (Å²) >= 11 is 0. The standard InChI is InChI=1S/C30H50O7Si/c1-11-38(12-2,13-3)37-30(10)15-14-22(33)18(4)16-23-25-19(5)17-24(34-20(6)31)27(26(25)28(30)35-23)29(8,9)36-21(7)32/h17,22-28,33H,4,11-16H2,1-3,5-10H3/t22-,23-,24-,25-,26+,27+,28-,30-/m1/s1. The minimum atomic E-state index is -2.09. The summed E-state index contributed by atoms with van der Waals surface area (Å²) in [4.78, 5) is 24.5. The summed E-state index contributed by atoms with van der Waals surface area (Å²) in [5.74, 6) is -1.25. The molecule has 2 aliphatic heterocycles. The molecule has 0 spiro atoms. The van der Waals surface area contributed by atoms with Crippen LogP contribution >= 0.6 is 0 Å². The Balaban J connectivity index is 2.23. The highest BCUT2D eigenvalue weighted by molar-refractivity contribution is 6.73. The second-order valence-corrected chi connectivity index (χ2v) is 17.2.